The van der Waals surface area contributed by atoms with E-state index in [1.54, 1.807) is 14.2 Å². The van der Waals surface area contributed by atoms with E-state index in [1.165, 1.54) is 17.7 Å². The van der Waals surface area contributed by atoms with Gasteiger partial charge in [-0.2, -0.15) is 0 Å². The lowest BCUT2D eigenvalue weighted by Crippen LogP contribution is -2.52. The molecule has 1 aromatic carbocycles. The second-order valence-corrected chi connectivity index (χ2v) is 7.30. The van der Waals surface area contributed by atoms with Crippen molar-refractivity contribution in [3.63, 3.8) is 0 Å². The van der Waals surface area contributed by atoms with Gasteiger partial charge >= 0.3 is 0 Å². The minimum atomic E-state index is -1.13. The van der Waals surface area contributed by atoms with Crippen LogP contribution in [0.1, 0.15) is 12.8 Å². The summed E-state index contributed by atoms with van der Waals surface area (Å²) in [5.74, 6) is 0. The van der Waals surface area contributed by atoms with Crippen molar-refractivity contribution in [1.82, 2.24) is 0 Å². The highest BCUT2D eigenvalue weighted by atomic mass is 28.3. The van der Waals surface area contributed by atoms with E-state index in [0.717, 1.165) is 6.42 Å². The summed E-state index contributed by atoms with van der Waals surface area (Å²) in [5.41, 5.74) is -0.263. The van der Waals surface area contributed by atoms with Gasteiger partial charge in [0, 0.05) is 14.2 Å². The molecule has 0 aromatic heterocycles. The van der Waals surface area contributed by atoms with Gasteiger partial charge in [-0.15, -0.1) is 0 Å². The number of hydrogen-bond donors (Lipinski definition) is 0. The van der Waals surface area contributed by atoms with Crippen LogP contribution in [0.15, 0.2) is 30.3 Å². The largest absolute Gasteiger partial charge is 0.357 e. The normalized spacial score (nSPS) is 24.3. The lowest BCUT2D eigenvalue weighted by molar-refractivity contribution is -0.144. The maximum absolute atomic E-state index is 5.65. The van der Waals surface area contributed by atoms with Crippen LogP contribution < -0.4 is 5.19 Å². The number of ether oxygens (including phenoxy) is 2. The van der Waals surface area contributed by atoms with Crippen LogP contribution in [0.3, 0.4) is 0 Å². The fourth-order valence-electron chi connectivity index (χ4n) is 2.62. The molecular formula is C12H18O2Si. The summed E-state index contributed by atoms with van der Waals surface area (Å²) in [7, 11) is 2.42. The van der Waals surface area contributed by atoms with Crippen LogP contribution in [0.4, 0.5) is 0 Å². The van der Waals surface area contributed by atoms with E-state index in [9.17, 15) is 0 Å². The molecule has 0 bridgehead atoms. The smallest absolute Gasteiger partial charge is 0.152 e. The van der Waals surface area contributed by atoms with Gasteiger partial charge in [0.05, 0.1) is 0 Å². The Morgan fingerprint density at radius 1 is 1.13 bits per heavy atom. The molecule has 1 aliphatic heterocycles. The van der Waals surface area contributed by atoms with Crippen LogP contribution in [0.5, 0.6) is 0 Å². The van der Waals surface area contributed by atoms with Crippen molar-refractivity contribution < 1.29 is 9.47 Å². The zero-order chi connectivity index (χ0) is 10.7. The molecule has 0 amide bonds. The summed E-state index contributed by atoms with van der Waals surface area (Å²) < 4.78 is 11.3. The fourth-order valence-corrected chi connectivity index (χ4v) is 6.33. The molecule has 1 fully saturated rings. The van der Waals surface area contributed by atoms with Gasteiger partial charge in [-0.1, -0.05) is 48.0 Å². The highest BCUT2D eigenvalue weighted by Crippen LogP contribution is 2.32. The van der Waals surface area contributed by atoms with Crippen molar-refractivity contribution in [2.24, 2.45) is 0 Å². The van der Waals surface area contributed by atoms with Crippen molar-refractivity contribution >= 4 is 14.0 Å². The average molecular weight is 222 g/mol. The van der Waals surface area contributed by atoms with Crippen molar-refractivity contribution in [2.75, 3.05) is 14.2 Å². The summed E-state index contributed by atoms with van der Waals surface area (Å²) in [6.07, 6.45) is 2.28. The first kappa shape index (κ1) is 10.9. The van der Waals surface area contributed by atoms with E-state index < -0.39 is 8.80 Å². The van der Waals surface area contributed by atoms with Gasteiger partial charge in [-0.25, -0.2) is 0 Å². The van der Waals surface area contributed by atoms with E-state index >= 15 is 0 Å². The van der Waals surface area contributed by atoms with Crippen LogP contribution >= 0.6 is 0 Å². The Labute approximate surface area is 92.8 Å². The lowest BCUT2D eigenvalue weighted by atomic mass is 10.3. The highest BCUT2D eigenvalue weighted by Gasteiger charge is 2.45. The second-order valence-electron chi connectivity index (χ2n) is 4.08. The van der Waals surface area contributed by atoms with Crippen LogP contribution in [-0.2, 0) is 9.47 Å². The Balaban J connectivity index is 2.29. The molecule has 1 atom stereocenters. The van der Waals surface area contributed by atoms with Crippen LogP contribution in [0.2, 0.25) is 6.04 Å². The molecule has 2 nitrogen and oxygen atoms in total. The van der Waals surface area contributed by atoms with Crippen LogP contribution in [0.25, 0.3) is 0 Å². The maximum Gasteiger partial charge on any atom is 0.152 e. The Morgan fingerprint density at radius 2 is 1.80 bits per heavy atom. The van der Waals surface area contributed by atoms with Gasteiger partial charge in [0.25, 0.3) is 0 Å². The third-order valence-electron chi connectivity index (χ3n) is 3.44. The van der Waals surface area contributed by atoms with E-state index in [2.05, 4.69) is 30.3 Å². The zero-order valence-corrected chi connectivity index (χ0v) is 10.6. The number of rotatable bonds is 3. The SMILES string of the molecule is COC1(OC)CCC[SiH]1c1ccccc1. The maximum atomic E-state index is 5.65. The van der Waals surface area contributed by atoms with Gasteiger partial charge in [0.1, 0.15) is 8.80 Å². The second kappa shape index (κ2) is 4.47. The molecule has 0 aliphatic carbocycles. The fraction of sp³-hybridized carbons (Fsp3) is 0.500. The van der Waals surface area contributed by atoms with Crippen molar-refractivity contribution in [2.45, 2.75) is 24.3 Å². The van der Waals surface area contributed by atoms with Crippen LogP contribution in [-0.4, -0.2) is 28.4 Å². The molecule has 1 heterocycles. The van der Waals surface area contributed by atoms with E-state index in [0.29, 0.717) is 0 Å². The number of methoxy groups -OCH3 is 2. The molecule has 1 aromatic rings. The van der Waals surface area contributed by atoms with Gasteiger partial charge in [-0.3, -0.25) is 0 Å². The summed E-state index contributed by atoms with van der Waals surface area (Å²) in [6.45, 7) is 0. The zero-order valence-electron chi connectivity index (χ0n) is 9.40. The Morgan fingerprint density at radius 3 is 2.40 bits per heavy atom. The molecule has 0 saturated carbocycles. The van der Waals surface area contributed by atoms with Crippen molar-refractivity contribution in [1.29, 1.82) is 0 Å². The van der Waals surface area contributed by atoms with E-state index in [1.807, 2.05) is 0 Å². The van der Waals surface area contributed by atoms with E-state index in [-0.39, 0.29) is 5.41 Å². The standard InChI is InChI=1S/C12H18O2Si/c1-13-12(14-2)9-6-10-15(12)11-7-4-3-5-8-11/h3-5,7-8,15H,6,9-10H2,1-2H3. The van der Waals surface area contributed by atoms with Gasteiger partial charge < -0.3 is 9.47 Å². The molecular weight excluding hydrogens is 204 g/mol. The first-order valence-corrected chi connectivity index (χ1v) is 7.45. The molecule has 15 heavy (non-hydrogen) atoms. The third-order valence-corrected chi connectivity index (χ3v) is 7.44. The molecule has 0 spiro atoms. The summed E-state index contributed by atoms with van der Waals surface area (Å²) in [4.78, 5) is 0. The quantitative estimate of drug-likeness (QED) is 0.569. The first-order valence-electron chi connectivity index (χ1n) is 5.47. The highest BCUT2D eigenvalue weighted by molar-refractivity contribution is 6.76. The average Bonchev–Trinajstić information content (AvgIpc) is 2.74. The number of benzene rings is 1. The van der Waals surface area contributed by atoms with Gasteiger partial charge in [0.15, 0.2) is 5.41 Å². The molecule has 1 aliphatic rings. The minimum Gasteiger partial charge on any atom is -0.357 e. The minimum absolute atomic E-state index is 0.263. The summed E-state index contributed by atoms with van der Waals surface area (Å²) in [5, 5.41) is 1.46. The molecule has 1 saturated heterocycles. The summed E-state index contributed by atoms with van der Waals surface area (Å²) >= 11 is 0. The van der Waals surface area contributed by atoms with Gasteiger partial charge in [0.2, 0.25) is 0 Å². The topological polar surface area (TPSA) is 18.5 Å². The van der Waals surface area contributed by atoms with Crippen molar-refractivity contribution in [3.05, 3.63) is 30.3 Å². The molecule has 0 radical (unpaired) electrons. The first-order chi connectivity index (χ1) is 7.32. The lowest BCUT2D eigenvalue weighted by Gasteiger charge is -2.32. The Bertz CT molecular complexity index is 309. The molecule has 3 heteroatoms. The van der Waals surface area contributed by atoms with Crippen LogP contribution in [0, 0.1) is 0 Å². The molecule has 82 valence electrons. The predicted molar refractivity (Wildman–Crippen MR) is 64.0 cm³/mol. The number of hydrogen-bond acceptors (Lipinski definition) is 2. The van der Waals surface area contributed by atoms with Crippen molar-refractivity contribution in [3.8, 4) is 0 Å². The van der Waals surface area contributed by atoms with Gasteiger partial charge in [-0.05, 0) is 6.42 Å². The monoisotopic (exact) mass is 222 g/mol. The molecule has 2 rings (SSSR count). The third kappa shape index (κ3) is 1.87. The Kier molecular flexibility index (Phi) is 3.24. The molecule has 1 unspecified atom stereocenters. The van der Waals surface area contributed by atoms with E-state index in [4.69, 9.17) is 9.47 Å². The Hall–Kier alpha value is -0.643. The summed E-state index contributed by atoms with van der Waals surface area (Å²) in [6, 6.07) is 12.0. The predicted octanol–water partition coefficient (Wildman–Crippen LogP) is 1.44. The molecule has 0 N–H and O–H groups in total.